The van der Waals surface area contributed by atoms with Crippen molar-refractivity contribution in [2.24, 2.45) is 0 Å². The fourth-order valence-electron chi connectivity index (χ4n) is 6.72. The maximum absolute atomic E-state index is 6.27. The molecule has 0 amide bonds. The molecule has 0 aliphatic heterocycles. The first-order valence-corrected chi connectivity index (χ1v) is 28.5. The summed E-state index contributed by atoms with van der Waals surface area (Å²) in [4.78, 5) is 25.3. The number of hydrogen-bond donors (Lipinski definition) is 0. The van der Waals surface area contributed by atoms with Gasteiger partial charge < -0.3 is 2.85 Å². The van der Waals surface area contributed by atoms with Crippen LogP contribution in [0.15, 0.2) is 223 Å². The van der Waals surface area contributed by atoms with E-state index in [0.717, 1.165) is 49.0 Å². The first-order valence-electron chi connectivity index (χ1n) is 20.3. The Balaban J connectivity index is 0.000000235. The third-order valence-electron chi connectivity index (χ3n) is 9.85. The van der Waals surface area contributed by atoms with E-state index in [4.69, 9.17) is 39.8 Å². The third-order valence-corrected chi connectivity index (χ3v) is 10.8. The first-order chi connectivity index (χ1) is 32.3. The van der Waals surface area contributed by atoms with E-state index >= 15 is 0 Å². The van der Waals surface area contributed by atoms with Gasteiger partial charge in [-0.2, -0.15) is 24.9 Å². The molecule has 2 aromatic heterocycles. The van der Waals surface area contributed by atoms with Gasteiger partial charge in [-0.05, 0) is 97.5 Å². The number of benzene rings is 8. The molecule has 10 aromatic rings. The van der Waals surface area contributed by atoms with E-state index in [1.54, 1.807) is 0 Å². The van der Waals surface area contributed by atoms with Crippen molar-refractivity contribution in [3.05, 3.63) is 239 Å². The van der Waals surface area contributed by atoms with Crippen LogP contribution in [-0.4, -0.2) is 53.0 Å². The fourth-order valence-corrected chi connectivity index (χ4v) is 7.64. The van der Waals surface area contributed by atoms with E-state index in [9.17, 15) is 0 Å². The summed E-state index contributed by atoms with van der Waals surface area (Å²) in [6, 6.07) is 73.5. The Morgan fingerprint density at radius 1 is 0.284 bits per heavy atom. The molecule has 328 valence electrons. The number of nitrogens with zero attached hydrogens (tertiary/aromatic N) is 6. The Morgan fingerprint density at radius 3 is 0.955 bits per heavy atom. The molecule has 13 heteroatoms. The molecule has 0 aliphatic carbocycles. The second-order valence-electron chi connectivity index (χ2n) is 14.2. The Labute approximate surface area is 456 Å². The molecule has 6 nitrogen and oxygen atoms in total. The smallest absolute Gasteiger partial charge is 1.00 e. The predicted octanol–water partition coefficient (Wildman–Crippen LogP) is 17.4. The van der Waals surface area contributed by atoms with Crippen LogP contribution in [0.1, 0.15) is 2.85 Å². The zero-order valence-corrected chi connectivity index (χ0v) is 45.0. The Bertz CT molecular complexity index is 3080. The normalized spacial score (nSPS) is 10.1. The number of rotatable bonds is 7. The third kappa shape index (κ3) is 15.2. The van der Waals surface area contributed by atoms with Crippen LogP contribution >= 0.6 is 88.0 Å². The Morgan fingerprint density at radius 2 is 0.552 bits per heavy atom. The van der Waals surface area contributed by atoms with Crippen LogP contribution in [0.4, 0.5) is 0 Å². The number of hydrogen-bond acceptors (Lipinski definition) is 6. The summed E-state index contributed by atoms with van der Waals surface area (Å²) in [5, 5.41) is 0.358. The van der Waals surface area contributed by atoms with E-state index in [1.807, 2.05) is 121 Å². The average Bonchev–Trinajstić information content (AvgIpc) is 3.38. The van der Waals surface area contributed by atoms with Crippen molar-refractivity contribution in [1.82, 2.24) is 29.9 Å². The summed E-state index contributed by atoms with van der Waals surface area (Å²) in [7, 11) is 0. The van der Waals surface area contributed by atoms with Crippen molar-refractivity contribution in [3.8, 4) is 78.7 Å². The maximum Gasteiger partial charge on any atom is 2.00 e. The summed E-state index contributed by atoms with van der Waals surface area (Å²) in [5.41, 5.74) is 12.0. The van der Waals surface area contributed by atoms with E-state index in [1.165, 1.54) is 16.7 Å². The van der Waals surface area contributed by atoms with E-state index in [-0.39, 0.29) is 41.8 Å². The molecule has 0 saturated carbocycles. The average molecular weight is 1240 g/mol. The van der Waals surface area contributed by atoms with E-state index in [2.05, 4.69) is 175 Å². The molecule has 2 heterocycles. The van der Waals surface area contributed by atoms with Gasteiger partial charge in [0.15, 0.2) is 17.5 Å². The van der Waals surface area contributed by atoms with Crippen molar-refractivity contribution in [2.75, 3.05) is 0 Å². The molecule has 0 N–H and O–H groups in total. The van der Waals surface area contributed by atoms with Crippen LogP contribution in [0.5, 0.6) is 0 Å². The summed E-state index contributed by atoms with van der Waals surface area (Å²) in [5.74, 6) is 1.58. The summed E-state index contributed by atoms with van der Waals surface area (Å²) in [6.07, 6.45) is 0. The summed E-state index contributed by atoms with van der Waals surface area (Å²) >= 11 is 25.5. The van der Waals surface area contributed by atoms with Gasteiger partial charge in [0.05, 0.1) is 0 Å². The van der Waals surface area contributed by atoms with Gasteiger partial charge in [0, 0.05) is 58.4 Å². The molecule has 0 spiro atoms. The fraction of sp³-hybridized carbons (Fsp3) is 0. The molecule has 0 fully saturated rings. The van der Waals surface area contributed by atoms with Crippen molar-refractivity contribution >= 4 is 111 Å². The minimum absolute atomic E-state index is 0. The van der Waals surface area contributed by atoms with Gasteiger partial charge in [-0.15, -0.1) is 0 Å². The zero-order valence-electron chi connectivity index (χ0n) is 37.4. The largest absolute Gasteiger partial charge is 2.00 e. The first kappa shape index (κ1) is 51.7. The second-order valence-corrected chi connectivity index (χ2v) is 16.1. The summed E-state index contributed by atoms with van der Waals surface area (Å²) in [6.45, 7) is 0. The molecule has 0 unspecified atom stereocenters. The SMILES string of the molecule is Brc1cccc(-c2ccccc2)c1.Clc1nc(-c2ccc(-c3ccccc3)cc2)nc(-c2cccc(-c3ccccc3)c2)n1.Clc1nc(Cl)nc(-c2ccc(-c3ccccc3)cc2)n1.II.[H-].[H-].[Mg+2]. The molecular formula is C54H38BrCl3I2MgN6. The van der Waals surface area contributed by atoms with E-state index < -0.39 is 0 Å². The van der Waals surface area contributed by atoms with E-state index in [0.29, 0.717) is 17.5 Å². The minimum Gasteiger partial charge on any atom is -1.00 e. The van der Waals surface area contributed by atoms with Crippen molar-refractivity contribution in [1.29, 1.82) is 0 Å². The van der Waals surface area contributed by atoms with Gasteiger partial charge >= 0.3 is 23.1 Å². The molecule has 10 rings (SSSR count). The topological polar surface area (TPSA) is 77.3 Å². The van der Waals surface area contributed by atoms with Crippen LogP contribution in [0.3, 0.4) is 0 Å². The van der Waals surface area contributed by atoms with Gasteiger partial charge in [-0.1, -0.05) is 216 Å². The zero-order chi connectivity index (χ0) is 46.1. The second kappa shape index (κ2) is 26.8. The standard InChI is InChI=1S/C27H18ClN3.C15H9Cl2N3.C12H9Br.I2.Mg.2H/c28-27-30-25(22-16-14-21(15-17-22)19-8-3-1-4-9-19)29-26(31-27)24-13-7-12-23(18-24)20-10-5-2-6-11-20;16-14-18-13(19-15(17)20-14)12-8-6-11(7-9-12)10-4-2-1-3-5-10;13-12-8-4-7-11(9-12)10-5-2-1-3-6-10;1-2;;;/h1-18H;1-9H;1-9H;;;;/q;;;;+2;2*-1. The van der Waals surface area contributed by atoms with Gasteiger partial charge in [-0.3, -0.25) is 0 Å². The molecule has 0 aliphatic rings. The molecule has 0 saturated heterocycles. The van der Waals surface area contributed by atoms with Crippen molar-refractivity contribution in [2.45, 2.75) is 0 Å². The van der Waals surface area contributed by atoms with Crippen LogP contribution in [-0.2, 0) is 0 Å². The van der Waals surface area contributed by atoms with Gasteiger partial charge in [0.1, 0.15) is 0 Å². The molecule has 8 aromatic carbocycles. The molecule has 0 atom stereocenters. The summed E-state index contributed by atoms with van der Waals surface area (Å²) < 4.78 is 1.12. The Hall–Kier alpha value is -4.64. The van der Waals surface area contributed by atoms with Crippen molar-refractivity contribution < 1.29 is 2.85 Å². The quantitative estimate of drug-likeness (QED) is 0.117. The van der Waals surface area contributed by atoms with Crippen molar-refractivity contribution in [3.63, 3.8) is 0 Å². The molecular weight excluding hydrogens is 1200 g/mol. The van der Waals surface area contributed by atoms with Crippen LogP contribution in [0.25, 0.3) is 78.7 Å². The maximum atomic E-state index is 6.27. The van der Waals surface area contributed by atoms with Gasteiger partial charge in [0.25, 0.3) is 0 Å². The van der Waals surface area contributed by atoms with Crippen LogP contribution < -0.4 is 0 Å². The molecule has 0 radical (unpaired) electrons. The van der Waals surface area contributed by atoms with Gasteiger partial charge in [0.2, 0.25) is 15.9 Å². The van der Waals surface area contributed by atoms with Crippen LogP contribution in [0, 0.1) is 0 Å². The predicted molar refractivity (Wildman–Crippen MR) is 303 cm³/mol. The minimum atomic E-state index is 0. The number of aromatic nitrogens is 6. The number of halogens is 6. The Kier molecular flexibility index (Phi) is 20.7. The van der Waals surface area contributed by atoms with Gasteiger partial charge in [-0.25, -0.2) is 4.98 Å². The monoisotopic (exact) mass is 1230 g/mol. The van der Waals surface area contributed by atoms with Crippen LogP contribution in [0.2, 0.25) is 15.9 Å². The molecule has 0 bridgehead atoms. The molecule has 67 heavy (non-hydrogen) atoms.